The number of aromatic nitrogens is 2. The van der Waals surface area contributed by atoms with E-state index in [1.54, 1.807) is 25.1 Å². The summed E-state index contributed by atoms with van der Waals surface area (Å²) < 4.78 is 0.846. The topological polar surface area (TPSA) is 101 Å². The van der Waals surface area contributed by atoms with Gasteiger partial charge in [-0.3, -0.25) is 9.59 Å². The molecule has 1 aromatic heterocycles. The molecule has 3 rings (SSSR count). The van der Waals surface area contributed by atoms with E-state index in [9.17, 15) is 19.5 Å². The highest BCUT2D eigenvalue weighted by Crippen LogP contribution is 2.27. The molecule has 0 saturated heterocycles. The van der Waals surface area contributed by atoms with Crippen LogP contribution in [0.5, 0.6) is 0 Å². The van der Waals surface area contributed by atoms with Crippen molar-refractivity contribution in [2.75, 3.05) is 5.32 Å². The van der Waals surface area contributed by atoms with Crippen molar-refractivity contribution < 1.29 is 14.7 Å². The van der Waals surface area contributed by atoms with Crippen molar-refractivity contribution in [1.29, 1.82) is 0 Å². The number of fused-ring (bicyclic) bond motifs is 1. The highest BCUT2D eigenvalue weighted by Gasteiger charge is 2.18. The number of carboxylic acids is 1. The predicted molar refractivity (Wildman–Crippen MR) is 103 cm³/mol. The van der Waals surface area contributed by atoms with E-state index in [0.29, 0.717) is 10.7 Å². The molecule has 0 aliphatic heterocycles. The van der Waals surface area contributed by atoms with Gasteiger partial charge in [-0.2, -0.15) is 5.10 Å². The van der Waals surface area contributed by atoms with Crippen molar-refractivity contribution in [2.45, 2.75) is 20.4 Å². The van der Waals surface area contributed by atoms with Crippen LogP contribution in [0.4, 0.5) is 5.69 Å². The summed E-state index contributed by atoms with van der Waals surface area (Å²) in [7, 11) is 0. The minimum Gasteiger partial charge on any atom is -0.476 e. The number of rotatable bonds is 4. The standard InChI is InChI=1S/C19H16ClN3O4/c1-10-7-11(2)16(14(20)8-10)21-15(24)9-23-18(25)13-6-4-3-5-12(13)17(22-23)19(26)27/h3-8H,9H2,1-2H3,(H,21,24)(H,26,27). The summed E-state index contributed by atoms with van der Waals surface area (Å²) in [5, 5.41) is 16.7. The van der Waals surface area contributed by atoms with Crippen LogP contribution >= 0.6 is 11.6 Å². The van der Waals surface area contributed by atoms with E-state index in [1.807, 2.05) is 13.0 Å². The molecule has 138 valence electrons. The van der Waals surface area contributed by atoms with Crippen LogP contribution in [0.2, 0.25) is 5.02 Å². The SMILES string of the molecule is Cc1cc(C)c(NC(=O)Cn2nc(C(=O)O)c3ccccc3c2=O)c(Cl)c1. The van der Waals surface area contributed by atoms with Gasteiger partial charge in [-0.05, 0) is 37.1 Å². The maximum Gasteiger partial charge on any atom is 0.357 e. The lowest BCUT2D eigenvalue weighted by Gasteiger charge is -2.13. The lowest BCUT2D eigenvalue weighted by atomic mass is 10.1. The number of hydrogen-bond acceptors (Lipinski definition) is 4. The van der Waals surface area contributed by atoms with Crippen molar-refractivity contribution in [3.63, 3.8) is 0 Å². The first kappa shape index (κ1) is 18.6. The van der Waals surface area contributed by atoms with Crippen LogP contribution < -0.4 is 10.9 Å². The van der Waals surface area contributed by atoms with Gasteiger partial charge in [0.05, 0.1) is 16.1 Å². The third kappa shape index (κ3) is 3.68. The molecule has 0 unspecified atom stereocenters. The van der Waals surface area contributed by atoms with Gasteiger partial charge < -0.3 is 10.4 Å². The summed E-state index contributed by atoms with van der Waals surface area (Å²) in [5.74, 6) is -1.82. The molecule has 0 bridgehead atoms. The Labute approximate surface area is 159 Å². The molecule has 1 heterocycles. The maximum atomic E-state index is 12.6. The summed E-state index contributed by atoms with van der Waals surface area (Å²) in [6, 6.07) is 9.83. The molecule has 0 aliphatic rings. The molecule has 0 radical (unpaired) electrons. The smallest absolute Gasteiger partial charge is 0.357 e. The van der Waals surface area contributed by atoms with Gasteiger partial charge in [0.2, 0.25) is 5.91 Å². The van der Waals surface area contributed by atoms with E-state index in [1.165, 1.54) is 12.1 Å². The molecule has 0 aliphatic carbocycles. The first-order valence-corrected chi connectivity index (χ1v) is 8.45. The summed E-state index contributed by atoms with van der Waals surface area (Å²) in [6.07, 6.45) is 0. The van der Waals surface area contributed by atoms with Gasteiger partial charge >= 0.3 is 5.97 Å². The van der Waals surface area contributed by atoms with Crippen molar-refractivity contribution >= 4 is 39.9 Å². The molecule has 27 heavy (non-hydrogen) atoms. The number of benzene rings is 2. The Morgan fingerprint density at radius 3 is 2.48 bits per heavy atom. The lowest BCUT2D eigenvalue weighted by Crippen LogP contribution is -2.31. The van der Waals surface area contributed by atoms with Gasteiger partial charge in [-0.25, -0.2) is 9.48 Å². The van der Waals surface area contributed by atoms with Gasteiger partial charge in [0.1, 0.15) is 6.54 Å². The van der Waals surface area contributed by atoms with Crippen LogP contribution in [0, 0.1) is 13.8 Å². The Morgan fingerprint density at radius 2 is 1.85 bits per heavy atom. The highest BCUT2D eigenvalue weighted by atomic mass is 35.5. The normalized spacial score (nSPS) is 10.8. The second-order valence-corrected chi connectivity index (χ2v) is 6.56. The third-order valence-corrected chi connectivity index (χ3v) is 4.36. The van der Waals surface area contributed by atoms with Crippen LogP contribution in [0.15, 0.2) is 41.2 Å². The average molecular weight is 386 g/mol. The zero-order chi connectivity index (χ0) is 19.7. The Morgan fingerprint density at radius 1 is 1.19 bits per heavy atom. The zero-order valence-electron chi connectivity index (χ0n) is 14.6. The molecule has 0 spiro atoms. The molecule has 2 aromatic carbocycles. The Bertz CT molecular complexity index is 1110. The van der Waals surface area contributed by atoms with Gasteiger partial charge in [0, 0.05) is 5.39 Å². The van der Waals surface area contributed by atoms with Gasteiger partial charge in [0.15, 0.2) is 5.69 Å². The van der Waals surface area contributed by atoms with E-state index in [-0.39, 0.29) is 16.5 Å². The number of amides is 1. The molecule has 8 heteroatoms. The Hall–Kier alpha value is -3.19. The minimum atomic E-state index is -1.28. The number of nitrogens with one attached hydrogen (secondary N) is 1. The minimum absolute atomic E-state index is 0.183. The number of halogens is 1. The average Bonchev–Trinajstić information content (AvgIpc) is 2.60. The number of carbonyl (C=O) groups is 2. The summed E-state index contributed by atoms with van der Waals surface area (Å²) in [4.78, 5) is 36.5. The number of aryl methyl sites for hydroxylation is 2. The number of hydrogen-bond donors (Lipinski definition) is 2. The molecule has 3 aromatic rings. The van der Waals surface area contributed by atoms with Gasteiger partial charge in [-0.15, -0.1) is 0 Å². The van der Waals surface area contributed by atoms with E-state index in [4.69, 9.17) is 11.6 Å². The molecular formula is C19H16ClN3O4. The maximum absolute atomic E-state index is 12.6. The first-order chi connectivity index (χ1) is 12.8. The van der Waals surface area contributed by atoms with E-state index < -0.39 is 24.0 Å². The van der Waals surface area contributed by atoms with E-state index in [0.717, 1.165) is 15.8 Å². The molecule has 7 nitrogen and oxygen atoms in total. The van der Waals surface area contributed by atoms with Crippen LogP contribution in [0.3, 0.4) is 0 Å². The molecule has 0 saturated carbocycles. The number of nitrogens with zero attached hydrogens (tertiary/aromatic N) is 2. The largest absolute Gasteiger partial charge is 0.476 e. The van der Waals surface area contributed by atoms with Crippen molar-refractivity contribution in [2.24, 2.45) is 0 Å². The van der Waals surface area contributed by atoms with E-state index >= 15 is 0 Å². The first-order valence-electron chi connectivity index (χ1n) is 8.07. The number of anilines is 1. The fraction of sp³-hybridized carbons (Fsp3) is 0.158. The van der Waals surface area contributed by atoms with Gasteiger partial charge in [-0.1, -0.05) is 35.9 Å². The highest BCUT2D eigenvalue weighted by molar-refractivity contribution is 6.34. The van der Waals surface area contributed by atoms with Crippen molar-refractivity contribution in [1.82, 2.24) is 9.78 Å². The molecule has 0 atom stereocenters. The van der Waals surface area contributed by atoms with Crippen LogP contribution in [-0.4, -0.2) is 26.8 Å². The van der Waals surface area contributed by atoms with Crippen LogP contribution in [-0.2, 0) is 11.3 Å². The monoisotopic (exact) mass is 385 g/mol. The molecule has 1 amide bonds. The zero-order valence-corrected chi connectivity index (χ0v) is 15.4. The Balaban J connectivity index is 1.97. The summed E-state index contributed by atoms with van der Waals surface area (Å²) in [5.41, 5.74) is 1.34. The number of carbonyl (C=O) groups excluding carboxylic acids is 1. The van der Waals surface area contributed by atoms with Crippen LogP contribution in [0.25, 0.3) is 10.8 Å². The third-order valence-electron chi connectivity index (χ3n) is 4.06. The van der Waals surface area contributed by atoms with Crippen molar-refractivity contribution in [3.05, 3.63) is 68.6 Å². The fourth-order valence-electron chi connectivity index (χ4n) is 2.89. The molecule has 0 fully saturated rings. The summed E-state index contributed by atoms with van der Waals surface area (Å²) in [6.45, 7) is 3.25. The summed E-state index contributed by atoms with van der Waals surface area (Å²) >= 11 is 6.18. The second kappa shape index (κ2) is 7.20. The lowest BCUT2D eigenvalue weighted by molar-refractivity contribution is -0.117. The predicted octanol–water partition coefficient (Wildman–Crippen LogP) is 3.00. The van der Waals surface area contributed by atoms with Crippen molar-refractivity contribution in [3.8, 4) is 0 Å². The molecular weight excluding hydrogens is 370 g/mol. The van der Waals surface area contributed by atoms with Crippen LogP contribution in [0.1, 0.15) is 21.6 Å². The van der Waals surface area contributed by atoms with E-state index in [2.05, 4.69) is 10.4 Å². The Kier molecular flexibility index (Phi) is 4.96. The molecule has 2 N–H and O–H groups in total. The quantitative estimate of drug-likeness (QED) is 0.718. The number of carboxylic acid groups (broad SMARTS) is 1. The van der Waals surface area contributed by atoms with Gasteiger partial charge in [0.25, 0.3) is 5.56 Å². The number of aromatic carboxylic acids is 1. The fourth-order valence-corrected chi connectivity index (χ4v) is 3.26. The second-order valence-electron chi connectivity index (χ2n) is 6.15.